The number of nitrogens with zero attached hydrogens (tertiary/aromatic N) is 1. The Hall–Kier alpha value is -1.39. The molecule has 0 aliphatic heterocycles. The Balaban J connectivity index is 2.02. The van der Waals surface area contributed by atoms with E-state index in [0.717, 1.165) is 17.3 Å². The van der Waals surface area contributed by atoms with Gasteiger partial charge in [-0.3, -0.25) is 0 Å². The third-order valence-electron chi connectivity index (χ3n) is 3.17. The maximum atomic E-state index is 5.45. The Labute approximate surface area is 124 Å². The minimum atomic E-state index is 0.752. The maximum absolute atomic E-state index is 5.45. The normalized spacial score (nSPS) is 10.3. The third-order valence-corrected chi connectivity index (χ3v) is 4.44. The van der Waals surface area contributed by atoms with Gasteiger partial charge in [-0.05, 0) is 54.7 Å². The summed E-state index contributed by atoms with van der Waals surface area (Å²) in [5, 5.41) is 6.16. The van der Waals surface area contributed by atoms with Crippen LogP contribution in [0.1, 0.15) is 16.0 Å². The van der Waals surface area contributed by atoms with Crippen LogP contribution < -0.4 is 5.32 Å². The molecule has 2 nitrogen and oxygen atoms in total. The lowest BCUT2D eigenvalue weighted by atomic mass is 10.1. The number of thiophene rings is 1. The molecule has 1 heterocycles. The van der Waals surface area contributed by atoms with E-state index in [-0.39, 0.29) is 0 Å². The predicted octanol–water partition coefficient (Wildman–Crippen LogP) is 4.19. The summed E-state index contributed by atoms with van der Waals surface area (Å²) in [5.74, 6) is 0. The fourth-order valence-corrected chi connectivity index (χ4v) is 2.74. The van der Waals surface area contributed by atoms with Gasteiger partial charge in [-0.1, -0.05) is 18.2 Å². The molecule has 0 amide bonds. The van der Waals surface area contributed by atoms with E-state index in [1.165, 1.54) is 16.0 Å². The average Bonchev–Trinajstić information content (AvgIpc) is 2.87. The molecule has 0 aliphatic carbocycles. The topological polar surface area (TPSA) is 15.3 Å². The fourth-order valence-electron chi connectivity index (χ4n) is 1.81. The summed E-state index contributed by atoms with van der Waals surface area (Å²) in [6, 6.07) is 10.4. The minimum Gasteiger partial charge on any atom is -0.347 e. The molecule has 0 aliphatic rings. The zero-order valence-corrected chi connectivity index (χ0v) is 13.1. The maximum Gasteiger partial charge on any atom is 0.173 e. The summed E-state index contributed by atoms with van der Waals surface area (Å²) in [5.41, 5.74) is 3.60. The summed E-state index contributed by atoms with van der Waals surface area (Å²) in [6.45, 7) is 5.06. The second-order valence-electron chi connectivity index (χ2n) is 4.61. The Morgan fingerprint density at radius 1 is 1.26 bits per heavy atom. The van der Waals surface area contributed by atoms with E-state index in [4.69, 9.17) is 12.2 Å². The van der Waals surface area contributed by atoms with Crippen LogP contribution in [0.15, 0.2) is 35.7 Å². The van der Waals surface area contributed by atoms with Crippen molar-refractivity contribution in [3.8, 4) is 0 Å². The second-order valence-corrected chi connectivity index (χ2v) is 6.03. The molecule has 0 unspecified atom stereocenters. The number of rotatable bonds is 3. The van der Waals surface area contributed by atoms with Crippen molar-refractivity contribution in [3.63, 3.8) is 0 Å². The molecule has 2 rings (SSSR count). The Morgan fingerprint density at radius 3 is 2.74 bits per heavy atom. The highest BCUT2D eigenvalue weighted by Gasteiger charge is 2.08. The van der Waals surface area contributed by atoms with Crippen LogP contribution in [0.2, 0.25) is 0 Å². The van der Waals surface area contributed by atoms with E-state index in [2.05, 4.69) is 53.7 Å². The predicted molar refractivity (Wildman–Crippen MR) is 87.9 cm³/mol. The molecule has 2 aromatic rings. The van der Waals surface area contributed by atoms with Gasteiger partial charge in [0.2, 0.25) is 0 Å². The number of thiocarbonyl (C=S) groups is 1. The first kappa shape index (κ1) is 14.0. The number of hydrogen-bond acceptors (Lipinski definition) is 2. The molecule has 1 aromatic carbocycles. The number of hydrogen-bond donors (Lipinski definition) is 1. The van der Waals surface area contributed by atoms with E-state index in [9.17, 15) is 0 Å². The average molecular weight is 290 g/mol. The first-order chi connectivity index (χ1) is 9.08. The molecule has 0 spiro atoms. The largest absolute Gasteiger partial charge is 0.347 e. The van der Waals surface area contributed by atoms with Crippen molar-refractivity contribution in [2.45, 2.75) is 20.4 Å². The van der Waals surface area contributed by atoms with Crippen LogP contribution in [0, 0.1) is 13.8 Å². The van der Waals surface area contributed by atoms with E-state index in [1.807, 2.05) is 13.1 Å². The fraction of sp³-hybridized carbons (Fsp3) is 0.267. The standard InChI is InChI=1S/C15H18N2S2/c1-11-6-4-8-14(12(11)2)16-15(18)17(3)10-13-7-5-9-19-13/h4-9H,10H2,1-3H3,(H,16,18). The summed E-state index contributed by atoms with van der Waals surface area (Å²) in [7, 11) is 2.01. The Bertz CT molecular complexity index is 562. The number of anilines is 1. The van der Waals surface area contributed by atoms with Crippen LogP contribution >= 0.6 is 23.6 Å². The Kier molecular flexibility index (Phi) is 4.56. The van der Waals surface area contributed by atoms with Crippen molar-refractivity contribution in [1.82, 2.24) is 4.90 Å². The first-order valence-corrected chi connectivity index (χ1v) is 7.47. The van der Waals surface area contributed by atoms with Gasteiger partial charge in [0.05, 0.1) is 6.54 Å². The van der Waals surface area contributed by atoms with E-state index in [0.29, 0.717) is 0 Å². The van der Waals surface area contributed by atoms with Gasteiger partial charge in [-0.2, -0.15) is 0 Å². The molecular formula is C15H18N2S2. The molecule has 4 heteroatoms. The van der Waals surface area contributed by atoms with Crippen LogP contribution in [0.25, 0.3) is 0 Å². The summed E-state index contributed by atoms with van der Waals surface area (Å²) >= 11 is 7.21. The lowest BCUT2D eigenvalue weighted by molar-refractivity contribution is 0.514. The molecular weight excluding hydrogens is 272 g/mol. The molecule has 0 bridgehead atoms. The molecule has 0 saturated heterocycles. The number of benzene rings is 1. The van der Waals surface area contributed by atoms with Crippen LogP contribution in [-0.2, 0) is 6.54 Å². The highest BCUT2D eigenvalue weighted by atomic mass is 32.1. The molecule has 0 fully saturated rings. The van der Waals surface area contributed by atoms with Gasteiger partial charge >= 0.3 is 0 Å². The highest BCUT2D eigenvalue weighted by Crippen LogP contribution is 2.19. The number of nitrogens with one attached hydrogen (secondary N) is 1. The lowest BCUT2D eigenvalue weighted by Crippen LogP contribution is -2.30. The van der Waals surface area contributed by atoms with E-state index < -0.39 is 0 Å². The summed E-state index contributed by atoms with van der Waals surface area (Å²) in [4.78, 5) is 3.37. The summed E-state index contributed by atoms with van der Waals surface area (Å²) in [6.07, 6.45) is 0. The monoisotopic (exact) mass is 290 g/mol. The van der Waals surface area contributed by atoms with E-state index >= 15 is 0 Å². The van der Waals surface area contributed by atoms with Crippen LogP contribution in [-0.4, -0.2) is 17.1 Å². The zero-order chi connectivity index (χ0) is 13.8. The lowest BCUT2D eigenvalue weighted by Gasteiger charge is -2.21. The molecule has 0 radical (unpaired) electrons. The van der Waals surface area contributed by atoms with Crippen molar-refractivity contribution < 1.29 is 0 Å². The van der Waals surface area contributed by atoms with Crippen molar-refractivity contribution in [2.75, 3.05) is 12.4 Å². The van der Waals surface area contributed by atoms with Gasteiger partial charge in [0.1, 0.15) is 0 Å². The zero-order valence-electron chi connectivity index (χ0n) is 11.4. The molecule has 0 saturated carbocycles. The van der Waals surface area contributed by atoms with Gasteiger partial charge in [0, 0.05) is 17.6 Å². The molecule has 19 heavy (non-hydrogen) atoms. The van der Waals surface area contributed by atoms with Crippen LogP contribution in [0.4, 0.5) is 5.69 Å². The SMILES string of the molecule is Cc1cccc(NC(=S)N(C)Cc2cccs2)c1C. The van der Waals surface area contributed by atoms with Crippen molar-refractivity contribution >= 4 is 34.4 Å². The van der Waals surface area contributed by atoms with Crippen molar-refractivity contribution in [1.29, 1.82) is 0 Å². The molecule has 0 atom stereocenters. The number of aryl methyl sites for hydroxylation is 1. The van der Waals surface area contributed by atoms with Gasteiger partial charge < -0.3 is 10.2 Å². The van der Waals surface area contributed by atoms with Gasteiger partial charge in [0.15, 0.2) is 5.11 Å². The Morgan fingerprint density at radius 2 is 2.05 bits per heavy atom. The van der Waals surface area contributed by atoms with E-state index in [1.54, 1.807) is 11.3 Å². The minimum absolute atomic E-state index is 0.752. The van der Waals surface area contributed by atoms with Gasteiger partial charge in [-0.15, -0.1) is 11.3 Å². The molecule has 1 N–H and O–H groups in total. The highest BCUT2D eigenvalue weighted by molar-refractivity contribution is 7.80. The van der Waals surface area contributed by atoms with Gasteiger partial charge in [0.25, 0.3) is 0 Å². The van der Waals surface area contributed by atoms with Crippen LogP contribution in [0.3, 0.4) is 0 Å². The first-order valence-electron chi connectivity index (χ1n) is 6.18. The van der Waals surface area contributed by atoms with Gasteiger partial charge in [-0.25, -0.2) is 0 Å². The third kappa shape index (κ3) is 3.55. The molecule has 100 valence electrons. The van der Waals surface area contributed by atoms with Crippen molar-refractivity contribution in [2.24, 2.45) is 0 Å². The summed E-state index contributed by atoms with van der Waals surface area (Å²) < 4.78 is 0. The molecule has 1 aromatic heterocycles. The quantitative estimate of drug-likeness (QED) is 0.853. The smallest absolute Gasteiger partial charge is 0.173 e. The van der Waals surface area contributed by atoms with Crippen LogP contribution in [0.5, 0.6) is 0 Å². The second kappa shape index (κ2) is 6.17. The van der Waals surface area contributed by atoms with Crippen molar-refractivity contribution in [3.05, 3.63) is 51.7 Å².